The molecule has 4 atom stereocenters. The van der Waals surface area contributed by atoms with Crippen LogP contribution >= 0.6 is 0 Å². The molecule has 284 valence electrons. The fourth-order valence-corrected chi connectivity index (χ4v) is 7.61. The van der Waals surface area contributed by atoms with Gasteiger partial charge in [0, 0.05) is 23.0 Å². The molecule has 2 aromatic carbocycles. The molecule has 2 aromatic rings. The third-order valence-electron chi connectivity index (χ3n) is 10.4. The Morgan fingerprint density at radius 1 is 0.731 bits per heavy atom. The zero-order valence-electron chi connectivity index (χ0n) is 32.1. The van der Waals surface area contributed by atoms with E-state index in [9.17, 15) is 30.3 Å². The number of hydrogen-bond donors (Lipinski definition) is 5. The third-order valence-corrected chi connectivity index (χ3v) is 10.4. The molecule has 8 heteroatoms. The summed E-state index contributed by atoms with van der Waals surface area (Å²) in [5.41, 5.74) is 6.99. The molecule has 2 aliphatic carbocycles. The maximum Gasteiger partial charge on any atom is 0.373 e. The summed E-state index contributed by atoms with van der Waals surface area (Å²) in [6.45, 7) is 20.5. The molecule has 0 radical (unpaired) electrons. The predicted molar refractivity (Wildman–Crippen MR) is 206 cm³/mol. The summed E-state index contributed by atoms with van der Waals surface area (Å²) in [5.74, 6) is -0.928. The summed E-state index contributed by atoms with van der Waals surface area (Å²) in [5, 5.41) is 52.2. The van der Waals surface area contributed by atoms with Crippen molar-refractivity contribution in [1.29, 1.82) is 0 Å². The monoisotopic (exact) mass is 716 g/mol. The van der Waals surface area contributed by atoms with Crippen LogP contribution < -0.4 is 0 Å². The molecule has 5 N–H and O–H groups in total. The lowest BCUT2D eigenvalue weighted by Crippen LogP contribution is -2.18. The fourth-order valence-electron chi connectivity index (χ4n) is 7.61. The topological polar surface area (TPSA) is 152 Å². The number of aromatic carboxylic acids is 1. The summed E-state index contributed by atoms with van der Waals surface area (Å²) >= 11 is 0. The van der Waals surface area contributed by atoms with E-state index in [1.807, 2.05) is 39.0 Å². The minimum atomic E-state index is -1.15. The highest BCUT2D eigenvalue weighted by Crippen LogP contribution is 2.49. The molecule has 4 rings (SSSR count). The van der Waals surface area contributed by atoms with Crippen LogP contribution in [0.2, 0.25) is 0 Å². The molecule has 0 aliphatic heterocycles. The number of phenols is 4. The number of benzene rings is 2. The highest BCUT2D eigenvalue weighted by atomic mass is 16.4. The van der Waals surface area contributed by atoms with E-state index in [1.54, 1.807) is 0 Å². The van der Waals surface area contributed by atoms with Crippen molar-refractivity contribution in [2.45, 2.75) is 130 Å². The van der Waals surface area contributed by atoms with Crippen molar-refractivity contribution in [3.63, 3.8) is 0 Å². The molecule has 0 amide bonds. The zero-order valence-corrected chi connectivity index (χ0v) is 32.1. The van der Waals surface area contributed by atoms with Crippen LogP contribution in [0.5, 0.6) is 23.0 Å². The summed E-state index contributed by atoms with van der Waals surface area (Å²) in [7, 11) is 0. The highest BCUT2D eigenvalue weighted by molar-refractivity contribution is 5.94. The van der Waals surface area contributed by atoms with Gasteiger partial charge >= 0.3 is 12.1 Å². The Hall–Kier alpha value is -4.55. The van der Waals surface area contributed by atoms with E-state index >= 15 is 0 Å². The third kappa shape index (κ3) is 11.7. The fraction of sp³-hybridized carbons (Fsp3) is 0.500. The number of aromatic hydroxyl groups is 4. The quantitative estimate of drug-likeness (QED) is 0.101. The van der Waals surface area contributed by atoms with Crippen LogP contribution in [0.15, 0.2) is 65.8 Å². The van der Waals surface area contributed by atoms with Crippen molar-refractivity contribution in [3.05, 3.63) is 93.6 Å². The second kappa shape index (κ2) is 21.1. The van der Waals surface area contributed by atoms with E-state index < -0.39 is 5.97 Å². The lowest BCUT2D eigenvalue weighted by molar-refractivity contribution is -0.191. The standard InChI is InChI=1S/C22H30O4.C21H30O2.CO2/c1-5-6-7-8-15-12-18(23)20(21(24)19(15)22(25)26)17-11-14(4)9-10-16(17)13(2)3;1-5-6-7-8-16-12-19(22)21(20(23)13-16)18-11-15(4)9-10-17(18)14(2)3;2-1-3/h11-12,16-17,23-24H,2,5-10H2,1,3-4H3,(H,25,26);11-13,17-18,22-23H,2,5-10H2,1,3-4H3;. The van der Waals surface area contributed by atoms with Crippen LogP contribution in [0.3, 0.4) is 0 Å². The number of carbonyl (C=O) groups excluding carboxylic acids is 2. The minimum Gasteiger partial charge on any atom is -0.507 e. The number of carbonyl (C=O) groups is 1. The molecule has 0 spiro atoms. The number of hydrogen-bond acceptors (Lipinski definition) is 7. The number of allylic oxidation sites excluding steroid dienone is 6. The van der Waals surface area contributed by atoms with E-state index in [2.05, 4.69) is 40.0 Å². The first-order valence-electron chi connectivity index (χ1n) is 18.6. The molecule has 4 unspecified atom stereocenters. The first-order valence-corrected chi connectivity index (χ1v) is 18.6. The van der Waals surface area contributed by atoms with Gasteiger partial charge in [-0.3, -0.25) is 0 Å². The average Bonchev–Trinajstić information content (AvgIpc) is 3.05. The Morgan fingerprint density at radius 2 is 1.15 bits per heavy atom. The molecule has 8 nitrogen and oxygen atoms in total. The van der Waals surface area contributed by atoms with Crippen LogP contribution in [0, 0.1) is 11.8 Å². The maximum atomic E-state index is 11.8. The Morgan fingerprint density at radius 3 is 1.58 bits per heavy atom. The number of carboxylic acid groups (broad SMARTS) is 1. The number of unbranched alkanes of at least 4 members (excludes halogenated alkanes) is 4. The SMILES string of the molecule is C=C(C)C1CCC(C)=CC1c1c(O)cc(CCCCC)c(C(=O)O)c1O.C=C(C)C1CCC(C)=CC1c1c(O)cc(CCCCC)cc1O.O=C=O. The Labute approximate surface area is 310 Å². The highest BCUT2D eigenvalue weighted by Gasteiger charge is 2.33. The van der Waals surface area contributed by atoms with Gasteiger partial charge in [-0.25, -0.2) is 4.79 Å². The molecular formula is C44H60O8. The summed E-state index contributed by atoms with van der Waals surface area (Å²) in [4.78, 5) is 28.1. The van der Waals surface area contributed by atoms with Gasteiger partial charge in [-0.1, -0.05) is 87.1 Å². The second-order valence-corrected chi connectivity index (χ2v) is 14.6. The van der Waals surface area contributed by atoms with E-state index in [0.29, 0.717) is 23.1 Å². The van der Waals surface area contributed by atoms with E-state index in [1.165, 1.54) is 30.1 Å². The molecule has 0 bridgehead atoms. The van der Waals surface area contributed by atoms with Crippen molar-refractivity contribution >= 4 is 12.1 Å². The molecule has 0 saturated heterocycles. The minimum absolute atomic E-state index is 0.0194. The lowest BCUT2D eigenvalue weighted by Gasteiger charge is -2.32. The summed E-state index contributed by atoms with van der Waals surface area (Å²) < 4.78 is 0. The van der Waals surface area contributed by atoms with Gasteiger partial charge in [-0.05, 0) is 120 Å². The number of aryl methyl sites for hydroxylation is 2. The van der Waals surface area contributed by atoms with Gasteiger partial charge in [0.05, 0.1) is 0 Å². The number of carboxylic acids is 1. The lowest BCUT2D eigenvalue weighted by atomic mass is 9.73. The van der Waals surface area contributed by atoms with Crippen LogP contribution in [0.4, 0.5) is 0 Å². The molecule has 0 fully saturated rings. The Bertz CT molecular complexity index is 1630. The second-order valence-electron chi connectivity index (χ2n) is 14.6. The molecule has 2 aliphatic rings. The number of phenolic OH excluding ortho intramolecular Hbond substituents is 3. The first kappa shape index (κ1) is 43.6. The molecule has 52 heavy (non-hydrogen) atoms. The van der Waals surface area contributed by atoms with Crippen molar-refractivity contribution < 1.29 is 39.9 Å². The predicted octanol–water partition coefficient (Wildman–Crippen LogP) is 10.8. The molecule has 0 heterocycles. The van der Waals surface area contributed by atoms with Crippen LogP contribution in [0.1, 0.15) is 150 Å². The maximum absolute atomic E-state index is 11.8. The van der Waals surface area contributed by atoms with Gasteiger partial charge in [0.2, 0.25) is 0 Å². The molecular weight excluding hydrogens is 656 g/mol. The first-order chi connectivity index (χ1) is 24.6. The average molecular weight is 717 g/mol. The smallest absolute Gasteiger partial charge is 0.373 e. The Kier molecular flexibility index (Phi) is 17.7. The number of rotatable bonds is 13. The largest absolute Gasteiger partial charge is 0.507 e. The van der Waals surface area contributed by atoms with Gasteiger partial charge < -0.3 is 25.5 Å². The molecule has 0 aromatic heterocycles. The summed E-state index contributed by atoms with van der Waals surface area (Å²) in [6, 6.07) is 5.19. The van der Waals surface area contributed by atoms with Crippen molar-refractivity contribution in [3.8, 4) is 23.0 Å². The Balaban J connectivity index is 0.000000337. The van der Waals surface area contributed by atoms with Gasteiger partial charge in [0.1, 0.15) is 28.6 Å². The zero-order chi connectivity index (χ0) is 39.1. The van der Waals surface area contributed by atoms with E-state index in [-0.39, 0.29) is 58.4 Å². The van der Waals surface area contributed by atoms with Gasteiger partial charge in [0.25, 0.3) is 0 Å². The van der Waals surface area contributed by atoms with Crippen LogP contribution in [0.25, 0.3) is 0 Å². The van der Waals surface area contributed by atoms with Gasteiger partial charge in [-0.15, -0.1) is 0 Å². The van der Waals surface area contributed by atoms with E-state index in [4.69, 9.17) is 9.59 Å². The van der Waals surface area contributed by atoms with Crippen molar-refractivity contribution in [2.24, 2.45) is 11.8 Å². The molecule has 0 saturated carbocycles. The van der Waals surface area contributed by atoms with E-state index in [0.717, 1.165) is 74.5 Å². The normalized spacial score (nSPS) is 19.4. The van der Waals surface area contributed by atoms with Crippen LogP contribution in [-0.2, 0) is 22.4 Å². The van der Waals surface area contributed by atoms with Crippen molar-refractivity contribution in [1.82, 2.24) is 0 Å². The van der Waals surface area contributed by atoms with Gasteiger partial charge in [-0.2, -0.15) is 9.59 Å². The van der Waals surface area contributed by atoms with Gasteiger partial charge in [0.15, 0.2) is 0 Å². The van der Waals surface area contributed by atoms with Crippen LogP contribution in [-0.4, -0.2) is 37.7 Å². The summed E-state index contributed by atoms with van der Waals surface area (Å²) in [6.07, 6.45) is 16.1. The van der Waals surface area contributed by atoms with Crippen molar-refractivity contribution in [2.75, 3.05) is 0 Å².